The fourth-order valence-electron chi connectivity index (χ4n) is 3.10. The summed E-state index contributed by atoms with van der Waals surface area (Å²) in [6, 6.07) is 0. The molecular formula is C18H44O6Si4. The summed E-state index contributed by atoms with van der Waals surface area (Å²) in [6.07, 6.45) is -2.10. The molecule has 0 aromatic heterocycles. The molecule has 1 unspecified atom stereocenters. The molecule has 0 aromatic carbocycles. The molecule has 1 aliphatic rings. The van der Waals surface area contributed by atoms with Crippen molar-refractivity contribution in [2.45, 2.75) is 109 Å². The zero-order valence-electron chi connectivity index (χ0n) is 20.1. The molecule has 0 spiro atoms. The Hall–Kier alpha value is 0.628. The maximum Gasteiger partial charge on any atom is 0.187 e. The highest BCUT2D eigenvalue weighted by Gasteiger charge is 2.52. The van der Waals surface area contributed by atoms with Crippen LogP contribution in [-0.2, 0) is 22.4 Å². The van der Waals surface area contributed by atoms with Crippen LogP contribution in [-0.4, -0.2) is 75.7 Å². The van der Waals surface area contributed by atoms with Gasteiger partial charge in [0.1, 0.15) is 24.4 Å². The van der Waals surface area contributed by atoms with Gasteiger partial charge in [0.2, 0.25) is 0 Å². The van der Waals surface area contributed by atoms with E-state index in [1.165, 1.54) is 0 Å². The van der Waals surface area contributed by atoms with E-state index >= 15 is 0 Å². The second kappa shape index (κ2) is 9.41. The van der Waals surface area contributed by atoms with Crippen LogP contribution in [0.4, 0.5) is 0 Å². The summed E-state index contributed by atoms with van der Waals surface area (Å²) in [5.74, 6) is 0. The summed E-state index contributed by atoms with van der Waals surface area (Å²) >= 11 is 0. The van der Waals surface area contributed by atoms with Gasteiger partial charge in [0, 0.05) is 0 Å². The molecule has 0 aliphatic carbocycles. The van der Waals surface area contributed by atoms with Crippen molar-refractivity contribution in [3.8, 4) is 0 Å². The zero-order valence-corrected chi connectivity index (χ0v) is 24.1. The molecule has 5 atom stereocenters. The highest BCUT2D eigenvalue weighted by molar-refractivity contribution is 6.71. The van der Waals surface area contributed by atoms with E-state index in [-0.39, 0.29) is 24.9 Å². The van der Waals surface area contributed by atoms with Gasteiger partial charge < -0.3 is 27.5 Å². The van der Waals surface area contributed by atoms with Gasteiger partial charge in [0.15, 0.2) is 39.6 Å². The first-order valence-corrected chi connectivity index (χ1v) is 23.9. The van der Waals surface area contributed by atoms with Crippen molar-refractivity contribution in [2.24, 2.45) is 0 Å². The molecule has 0 bridgehead atoms. The Morgan fingerprint density at radius 1 is 0.571 bits per heavy atom. The lowest BCUT2D eigenvalue weighted by Gasteiger charge is -2.51. The summed E-state index contributed by atoms with van der Waals surface area (Å²) in [7, 11) is -7.65. The minimum Gasteiger partial charge on any atom is -0.409 e. The van der Waals surface area contributed by atoms with Gasteiger partial charge >= 0.3 is 0 Å². The third-order valence-corrected chi connectivity index (χ3v) is 7.59. The predicted molar refractivity (Wildman–Crippen MR) is 125 cm³/mol. The molecule has 1 fully saturated rings. The Morgan fingerprint density at radius 2 is 0.929 bits per heavy atom. The number of hydrogen-bond donors (Lipinski definition) is 1. The van der Waals surface area contributed by atoms with Gasteiger partial charge in [-0.15, -0.1) is 0 Å². The van der Waals surface area contributed by atoms with Crippen molar-refractivity contribution in [3.63, 3.8) is 0 Å². The minimum atomic E-state index is -1.92. The van der Waals surface area contributed by atoms with E-state index in [4.69, 9.17) is 22.4 Å². The second-order valence-corrected chi connectivity index (χ2v) is 29.4. The van der Waals surface area contributed by atoms with Gasteiger partial charge in [0.25, 0.3) is 0 Å². The summed E-state index contributed by atoms with van der Waals surface area (Å²) < 4.78 is 32.4. The Balaban J connectivity index is 3.40. The SMILES string of the molecule is C[Si](C)(C)OC1O[C@H](CO)[C@H](O[Si](C)(C)C)[C@H](O[Si](C)(C)C)[C@H]1O[Si](C)(C)C. The molecule has 1 rings (SSSR count). The van der Waals surface area contributed by atoms with Crippen LogP contribution in [0.25, 0.3) is 0 Å². The highest BCUT2D eigenvalue weighted by Crippen LogP contribution is 2.34. The molecule has 28 heavy (non-hydrogen) atoms. The van der Waals surface area contributed by atoms with Gasteiger partial charge in [-0.3, -0.25) is 0 Å². The molecule has 0 saturated carbocycles. The minimum absolute atomic E-state index is 0.133. The third-order valence-electron chi connectivity index (χ3n) is 3.71. The van der Waals surface area contributed by atoms with Crippen molar-refractivity contribution in [3.05, 3.63) is 0 Å². The molecule has 0 aromatic rings. The van der Waals surface area contributed by atoms with E-state index in [1.807, 2.05) is 0 Å². The number of rotatable bonds is 9. The van der Waals surface area contributed by atoms with Crippen LogP contribution >= 0.6 is 0 Å². The lowest BCUT2D eigenvalue weighted by Crippen LogP contribution is -2.67. The van der Waals surface area contributed by atoms with Gasteiger partial charge in [-0.05, 0) is 78.6 Å². The van der Waals surface area contributed by atoms with Crippen molar-refractivity contribution in [1.82, 2.24) is 0 Å². The first-order chi connectivity index (χ1) is 12.3. The average Bonchev–Trinajstić information content (AvgIpc) is 2.39. The van der Waals surface area contributed by atoms with Crippen LogP contribution in [0.5, 0.6) is 0 Å². The maximum absolute atomic E-state index is 10.1. The molecule has 0 amide bonds. The monoisotopic (exact) mass is 468 g/mol. The van der Waals surface area contributed by atoms with Gasteiger partial charge in [-0.1, -0.05) is 0 Å². The van der Waals surface area contributed by atoms with Gasteiger partial charge in [-0.25, -0.2) is 0 Å². The van der Waals surface area contributed by atoms with Gasteiger partial charge in [0.05, 0.1) is 6.61 Å². The molecule has 1 N–H and O–H groups in total. The van der Waals surface area contributed by atoms with Crippen molar-refractivity contribution in [2.75, 3.05) is 6.61 Å². The molecular weight excluding hydrogens is 425 g/mol. The van der Waals surface area contributed by atoms with E-state index < -0.39 is 45.7 Å². The van der Waals surface area contributed by atoms with Crippen molar-refractivity contribution in [1.29, 1.82) is 0 Å². The topological polar surface area (TPSA) is 66.4 Å². The molecule has 168 valence electrons. The molecule has 0 radical (unpaired) electrons. The van der Waals surface area contributed by atoms with Crippen molar-refractivity contribution < 1.29 is 27.5 Å². The van der Waals surface area contributed by atoms with Crippen LogP contribution in [0.15, 0.2) is 0 Å². The zero-order chi connectivity index (χ0) is 22.1. The lowest BCUT2D eigenvalue weighted by molar-refractivity contribution is -0.269. The third kappa shape index (κ3) is 9.62. The van der Waals surface area contributed by atoms with Crippen molar-refractivity contribution >= 4 is 33.3 Å². The molecule has 6 nitrogen and oxygen atoms in total. The van der Waals surface area contributed by atoms with E-state index in [1.54, 1.807) is 0 Å². The van der Waals surface area contributed by atoms with E-state index in [2.05, 4.69) is 78.6 Å². The van der Waals surface area contributed by atoms with Gasteiger partial charge in [-0.2, -0.15) is 0 Å². The number of aliphatic hydroxyl groups is 1. The van der Waals surface area contributed by atoms with E-state index in [9.17, 15) is 5.11 Å². The number of aliphatic hydroxyl groups excluding tert-OH is 1. The Kier molecular flexibility index (Phi) is 8.96. The fraction of sp³-hybridized carbons (Fsp3) is 1.00. The summed E-state index contributed by atoms with van der Waals surface area (Å²) in [6.45, 7) is 25.7. The van der Waals surface area contributed by atoms with Crippen LogP contribution in [0.2, 0.25) is 78.6 Å². The number of hydrogen-bond acceptors (Lipinski definition) is 6. The predicted octanol–water partition coefficient (Wildman–Crippen LogP) is 4.22. The van der Waals surface area contributed by atoms with Crippen LogP contribution in [0, 0.1) is 0 Å². The normalized spacial score (nSPS) is 30.5. The molecule has 1 aliphatic heterocycles. The van der Waals surface area contributed by atoms with E-state index in [0.717, 1.165) is 0 Å². The lowest BCUT2D eigenvalue weighted by atomic mass is 9.99. The van der Waals surface area contributed by atoms with Crippen LogP contribution in [0.1, 0.15) is 0 Å². The largest absolute Gasteiger partial charge is 0.409 e. The first kappa shape index (κ1) is 26.7. The molecule has 10 heteroatoms. The number of ether oxygens (including phenoxy) is 1. The maximum atomic E-state index is 10.1. The van der Waals surface area contributed by atoms with Crippen LogP contribution < -0.4 is 0 Å². The molecule has 1 saturated heterocycles. The second-order valence-electron chi connectivity index (χ2n) is 11.5. The Morgan fingerprint density at radius 3 is 1.29 bits per heavy atom. The first-order valence-electron chi connectivity index (χ1n) is 10.3. The smallest absolute Gasteiger partial charge is 0.187 e. The Bertz CT molecular complexity index is 492. The fourth-order valence-corrected chi connectivity index (χ4v) is 7.23. The van der Waals surface area contributed by atoms with Crippen LogP contribution in [0.3, 0.4) is 0 Å². The average molecular weight is 469 g/mol. The standard InChI is InChI=1S/C18H44O6Si4/c1-25(2,3)21-15-14(13-19)20-18(24-28(10,11)12)17(23-27(7,8)9)16(15)22-26(4,5)6/h14-19H,13H2,1-12H3/t14-,15+,16+,17-,18?/m1/s1. The Labute approximate surface area is 176 Å². The summed E-state index contributed by atoms with van der Waals surface area (Å²) in [5, 5.41) is 10.1. The summed E-state index contributed by atoms with van der Waals surface area (Å²) in [4.78, 5) is 0. The molecule has 1 heterocycles. The quantitative estimate of drug-likeness (QED) is 0.511. The van der Waals surface area contributed by atoms with E-state index in [0.29, 0.717) is 0 Å². The highest BCUT2D eigenvalue weighted by atomic mass is 28.4. The summed E-state index contributed by atoms with van der Waals surface area (Å²) in [5.41, 5.74) is 0.